The number of rotatable bonds is 2. The Morgan fingerprint density at radius 2 is 2.24 bits per heavy atom. The zero-order chi connectivity index (χ0) is 12.6. The first-order valence-corrected chi connectivity index (χ1v) is 6.26. The number of aliphatic hydroxyl groups is 1. The molecule has 2 rings (SSSR count). The third-order valence-electron chi connectivity index (χ3n) is 2.79. The molecule has 0 spiro atoms. The Morgan fingerprint density at radius 3 is 2.88 bits per heavy atom. The molecular formula is C12H16N2O2S. The fourth-order valence-electron chi connectivity index (χ4n) is 1.66. The van der Waals surface area contributed by atoms with E-state index in [4.69, 9.17) is 10.8 Å². The molecule has 1 unspecified atom stereocenters. The van der Waals surface area contributed by atoms with Gasteiger partial charge in [0.1, 0.15) is 0 Å². The van der Waals surface area contributed by atoms with Gasteiger partial charge < -0.3 is 16.2 Å². The summed E-state index contributed by atoms with van der Waals surface area (Å²) in [7, 11) is 0. The van der Waals surface area contributed by atoms with Crippen LogP contribution in [0.4, 0.5) is 5.69 Å². The van der Waals surface area contributed by atoms with E-state index < -0.39 is 4.75 Å². The number of carbonyl (C=O) groups is 1. The SMILES string of the molecule is CC1(C)Sc2cc(C(N)CO)ccc2NC1=O. The minimum atomic E-state index is -0.477. The predicted octanol–water partition coefficient (Wildman–Crippen LogP) is 1.50. The van der Waals surface area contributed by atoms with Crippen LogP contribution in [0.1, 0.15) is 25.5 Å². The summed E-state index contributed by atoms with van der Waals surface area (Å²) in [5.41, 5.74) is 7.47. The zero-order valence-corrected chi connectivity index (χ0v) is 10.7. The highest BCUT2D eigenvalue weighted by atomic mass is 32.2. The second kappa shape index (κ2) is 4.33. The quantitative estimate of drug-likeness (QED) is 0.745. The van der Waals surface area contributed by atoms with Gasteiger partial charge in [-0.05, 0) is 31.5 Å². The number of amides is 1. The van der Waals surface area contributed by atoms with Gasteiger partial charge in [0.2, 0.25) is 5.91 Å². The molecular weight excluding hydrogens is 236 g/mol. The molecule has 1 aliphatic rings. The van der Waals surface area contributed by atoms with Gasteiger partial charge in [0.25, 0.3) is 0 Å². The first-order valence-electron chi connectivity index (χ1n) is 5.45. The van der Waals surface area contributed by atoms with Crippen molar-refractivity contribution in [3.05, 3.63) is 23.8 Å². The van der Waals surface area contributed by atoms with Crippen molar-refractivity contribution < 1.29 is 9.90 Å². The Balaban J connectivity index is 2.37. The van der Waals surface area contributed by atoms with Crippen LogP contribution in [0.15, 0.2) is 23.1 Å². The molecule has 0 aromatic heterocycles. The van der Waals surface area contributed by atoms with E-state index in [1.54, 1.807) is 0 Å². The monoisotopic (exact) mass is 252 g/mol. The Bertz CT molecular complexity index is 460. The standard InChI is InChI=1S/C12H16N2O2S/c1-12(2)11(16)14-9-4-3-7(8(13)6-15)5-10(9)17-12/h3-5,8,15H,6,13H2,1-2H3,(H,14,16). The summed E-state index contributed by atoms with van der Waals surface area (Å²) in [6.45, 7) is 3.68. The smallest absolute Gasteiger partial charge is 0.240 e. The molecule has 0 saturated heterocycles. The predicted molar refractivity (Wildman–Crippen MR) is 69.0 cm³/mol. The highest BCUT2D eigenvalue weighted by molar-refractivity contribution is 8.01. The number of aliphatic hydroxyl groups excluding tert-OH is 1. The molecule has 0 radical (unpaired) electrons. The van der Waals surface area contributed by atoms with E-state index in [1.807, 2.05) is 32.0 Å². The molecule has 1 aliphatic heterocycles. The molecule has 1 amide bonds. The van der Waals surface area contributed by atoms with Gasteiger partial charge >= 0.3 is 0 Å². The van der Waals surface area contributed by atoms with Crippen molar-refractivity contribution in [3.8, 4) is 0 Å². The molecule has 17 heavy (non-hydrogen) atoms. The van der Waals surface area contributed by atoms with Crippen LogP contribution >= 0.6 is 11.8 Å². The lowest BCUT2D eigenvalue weighted by Crippen LogP contribution is -2.37. The minimum absolute atomic E-state index is 0.00852. The fourth-order valence-corrected chi connectivity index (χ4v) is 2.77. The normalized spacial score (nSPS) is 19.4. The molecule has 0 aliphatic carbocycles. The highest BCUT2D eigenvalue weighted by Gasteiger charge is 2.34. The van der Waals surface area contributed by atoms with Crippen molar-refractivity contribution in [3.63, 3.8) is 0 Å². The lowest BCUT2D eigenvalue weighted by Gasteiger charge is -2.30. The Kier molecular flexibility index (Phi) is 3.16. The van der Waals surface area contributed by atoms with Gasteiger partial charge in [0, 0.05) is 4.90 Å². The Hall–Kier alpha value is -1.04. The third kappa shape index (κ3) is 2.31. The second-order valence-electron chi connectivity index (χ2n) is 4.61. The summed E-state index contributed by atoms with van der Waals surface area (Å²) in [6.07, 6.45) is 0. The average molecular weight is 252 g/mol. The summed E-state index contributed by atoms with van der Waals surface area (Å²) < 4.78 is -0.477. The van der Waals surface area contributed by atoms with Gasteiger partial charge in [-0.25, -0.2) is 0 Å². The van der Waals surface area contributed by atoms with E-state index in [2.05, 4.69) is 5.32 Å². The van der Waals surface area contributed by atoms with Crippen molar-refractivity contribution >= 4 is 23.4 Å². The maximum Gasteiger partial charge on any atom is 0.240 e. The summed E-state index contributed by atoms with van der Waals surface area (Å²) in [4.78, 5) is 12.8. The maximum atomic E-state index is 11.8. The van der Waals surface area contributed by atoms with Crippen molar-refractivity contribution in [2.24, 2.45) is 5.73 Å². The largest absolute Gasteiger partial charge is 0.394 e. The topological polar surface area (TPSA) is 75.3 Å². The molecule has 0 bridgehead atoms. The van der Waals surface area contributed by atoms with E-state index >= 15 is 0 Å². The van der Waals surface area contributed by atoms with Gasteiger partial charge in [-0.15, -0.1) is 11.8 Å². The number of hydrogen-bond acceptors (Lipinski definition) is 4. The number of benzene rings is 1. The molecule has 4 N–H and O–H groups in total. The molecule has 5 heteroatoms. The maximum absolute atomic E-state index is 11.8. The zero-order valence-electron chi connectivity index (χ0n) is 9.86. The van der Waals surface area contributed by atoms with Crippen molar-refractivity contribution in [2.75, 3.05) is 11.9 Å². The number of nitrogens with two attached hydrogens (primary N) is 1. The first kappa shape index (κ1) is 12.4. The molecule has 0 fully saturated rings. The lowest BCUT2D eigenvalue weighted by atomic mass is 10.1. The Labute approximate surface area is 105 Å². The van der Waals surface area contributed by atoms with Crippen molar-refractivity contribution in [1.82, 2.24) is 0 Å². The van der Waals surface area contributed by atoms with Crippen LogP contribution < -0.4 is 11.1 Å². The van der Waals surface area contributed by atoms with Crippen LogP contribution in [-0.4, -0.2) is 22.4 Å². The van der Waals surface area contributed by atoms with Gasteiger partial charge in [-0.1, -0.05) is 6.07 Å². The number of carbonyl (C=O) groups excluding carboxylic acids is 1. The van der Waals surface area contributed by atoms with E-state index in [9.17, 15) is 4.79 Å². The van der Waals surface area contributed by atoms with E-state index in [0.717, 1.165) is 16.1 Å². The van der Waals surface area contributed by atoms with Crippen molar-refractivity contribution in [2.45, 2.75) is 29.5 Å². The molecule has 92 valence electrons. The summed E-state index contributed by atoms with van der Waals surface area (Å²) in [5.74, 6) is 0.00852. The van der Waals surface area contributed by atoms with Gasteiger partial charge in [0.15, 0.2) is 0 Å². The summed E-state index contributed by atoms with van der Waals surface area (Å²) in [5, 5.41) is 11.9. The highest BCUT2D eigenvalue weighted by Crippen LogP contribution is 2.42. The van der Waals surface area contributed by atoms with Crippen LogP contribution in [0, 0.1) is 0 Å². The Morgan fingerprint density at radius 1 is 1.53 bits per heavy atom. The van der Waals surface area contributed by atoms with Gasteiger partial charge in [-0.3, -0.25) is 4.79 Å². The van der Waals surface area contributed by atoms with E-state index in [1.165, 1.54) is 11.8 Å². The molecule has 1 aromatic carbocycles. The average Bonchev–Trinajstić information content (AvgIpc) is 2.28. The molecule has 1 atom stereocenters. The van der Waals surface area contributed by atoms with E-state index in [0.29, 0.717) is 0 Å². The first-order chi connectivity index (χ1) is 7.94. The second-order valence-corrected chi connectivity index (χ2v) is 6.28. The van der Waals surface area contributed by atoms with Crippen LogP contribution in [-0.2, 0) is 4.79 Å². The molecule has 0 saturated carbocycles. The van der Waals surface area contributed by atoms with Gasteiger partial charge in [-0.2, -0.15) is 0 Å². The van der Waals surface area contributed by atoms with Gasteiger partial charge in [0.05, 0.1) is 23.1 Å². The fraction of sp³-hybridized carbons (Fsp3) is 0.417. The number of thioether (sulfide) groups is 1. The van der Waals surface area contributed by atoms with Crippen LogP contribution in [0.5, 0.6) is 0 Å². The van der Waals surface area contributed by atoms with Crippen LogP contribution in [0.2, 0.25) is 0 Å². The van der Waals surface area contributed by atoms with Crippen LogP contribution in [0.3, 0.4) is 0 Å². The summed E-state index contributed by atoms with van der Waals surface area (Å²) in [6, 6.07) is 5.23. The number of hydrogen-bond donors (Lipinski definition) is 3. The number of anilines is 1. The number of nitrogens with one attached hydrogen (secondary N) is 1. The number of fused-ring (bicyclic) bond motifs is 1. The third-order valence-corrected chi connectivity index (χ3v) is 4.04. The minimum Gasteiger partial charge on any atom is -0.394 e. The van der Waals surface area contributed by atoms with Crippen molar-refractivity contribution in [1.29, 1.82) is 0 Å². The molecule has 1 heterocycles. The van der Waals surface area contributed by atoms with Crippen LogP contribution in [0.25, 0.3) is 0 Å². The summed E-state index contributed by atoms with van der Waals surface area (Å²) >= 11 is 1.52. The molecule has 1 aromatic rings. The lowest BCUT2D eigenvalue weighted by molar-refractivity contribution is -0.117. The van der Waals surface area contributed by atoms with E-state index in [-0.39, 0.29) is 18.6 Å². The molecule has 4 nitrogen and oxygen atoms in total.